The molecule has 6 nitrogen and oxygen atoms in total. The number of rotatable bonds is 7. The summed E-state index contributed by atoms with van der Waals surface area (Å²) in [5.41, 5.74) is 9.63. The van der Waals surface area contributed by atoms with Crippen LogP contribution in [0.2, 0.25) is 0 Å². The number of allylic oxidation sites excluding steroid dienone is 3. The first kappa shape index (κ1) is 26.2. The van der Waals surface area contributed by atoms with Gasteiger partial charge in [0.2, 0.25) is 0 Å². The Morgan fingerprint density at radius 1 is 0.884 bits per heavy atom. The summed E-state index contributed by atoms with van der Waals surface area (Å²) in [4.78, 5) is 4.55. The van der Waals surface area contributed by atoms with Crippen LogP contribution >= 0.6 is 0 Å². The van der Waals surface area contributed by atoms with E-state index in [4.69, 9.17) is 0 Å². The van der Waals surface area contributed by atoms with Gasteiger partial charge in [0.25, 0.3) is 0 Å². The van der Waals surface area contributed by atoms with Gasteiger partial charge in [-0.1, -0.05) is 72.8 Å². The second kappa shape index (κ2) is 11.3. The van der Waals surface area contributed by atoms with Crippen molar-refractivity contribution in [2.75, 3.05) is 17.2 Å². The van der Waals surface area contributed by atoms with Gasteiger partial charge in [-0.05, 0) is 61.5 Å². The molecule has 0 bridgehead atoms. The molecule has 0 radical (unpaired) electrons. The molecule has 3 N–H and O–H groups in total. The topological polar surface area (TPSA) is 67.0 Å². The predicted molar refractivity (Wildman–Crippen MR) is 179 cm³/mol. The number of aromatic nitrogens is 3. The first-order valence-electron chi connectivity index (χ1n) is 14.4. The van der Waals surface area contributed by atoms with Crippen LogP contribution in [-0.4, -0.2) is 25.8 Å². The van der Waals surface area contributed by atoms with E-state index in [1.807, 2.05) is 90.8 Å². The Kier molecular flexibility index (Phi) is 6.85. The quantitative estimate of drug-likeness (QED) is 0.170. The Labute approximate surface area is 250 Å². The van der Waals surface area contributed by atoms with Gasteiger partial charge < -0.3 is 24.9 Å². The van der Waals surface area contributed by atoms with E-state index >= 15 is 0 Å². The molecule has 0 spiro atoms. The number of imidazole rings is 1. The van der Waals surface area contributed by atoms with Crippen LogP contribution in [0.1, 0.15) is 18.3 Å². The summed E-state index contributed by atoms with van der Waals surface area (Å²) in [7, 11) is 0. The monoisotopic (exact) mass is 561 g/mol. The molecule has 6 heteroatoms. The normalized spacial score (nSPS) is 12.7. The summed E-state index contributed by atoms with van der Waals surface area (Å²) in [5, 5.41) is 19.5. The Bertz CT molecular complexity index is 2040. The lowest BCUT2D eigenvalue weighted by Crippen LogP contribution is -2.06. The van der Waals surface area contributed by atoms with Crippen LogP contribution in [0.5, 0.6) is 5.75 Å². The summed E-state index contributed by atoms with van der Waals surface area (Å²) < 4.78 is 4.27. The highest BCUT2D eigenvalue weighted by Gasteiger charge is 2.20. The number of nitrogens with one attached hydrogen (secondary N) is 2. The maximum Gasteiger partial charge on any atom is 0.123 e. The van der Waals surface area contributed by atoms with E-state index in [1.165, 1.54) is 5.39 Å². The second-order valence-electron chi connectivity index (χ2n) is 10.4. The number of benzene rings is 4. The maximum atomic E-state index is 11.2. The van der Waals surface area contributed by atoms with E-state index in [-0.39, 0.29) is 5.75 Å². The standard InChI is InChI=1S/C37H31N5O/c1-2-3-4-12-26-24-41(25-39-26)34-18-10-8-16-32(34)40-31-15-7-5-13-28(31)30-23-27(20-21-36(30)43)42-33-17-9-6-14-29(33)37-35(42)19-11-22-38-37/h2-21,23-25,38,40,43H,22H2,1H3/b3-2-,12-4-. The van der Waals surface area contributed by atoms with Crippen molar-refractivity contribution < 1.29 is 5.11 Å². The van der Waals surface area contributed by atoms with Gasteiger partial charge in [0, 0.05) is 40.6 Å². The number of para-hydroxylation sites is 4. The van der Waals surface area contributed by atoms with E-state index in [0.29, 0.717) is 0 Å². The lowest BCUT2D eigenvalue weighted by atomic mass is 10.0. The molecule has 210 valence electrons. The fourth-order valence-electron chi connectivity index (χ4n) is 5.69. The third-order valence-electron chi connectivity index (χ3n) is 7.66. The maximum absolute atomic E-state index is 11.2. The summed E-state index contributed by atoms with van der Waals surface area (Å²) in [5.74, 6) is 0.220. The molecule has 2 aromatic heterocycles. The molecule has 6 aromatic rings. The van der Waals surface area contributed by atoms with E-state index in [2.05, 4.69) is 74.8 Å². The Morgan fingerprint density at radius 3 is 2.60 bits per heavy atom. The van der Waals surface area contributed by atoms with Crippen molar-refractivity contribution >= 4 is 40.1 Å². The third kappa shape index (κ3) is 4.89. The molecule has 0 fully saturated rings. The highest BCUT2D eigenvalue weighted by atomic mass is 16.3. The Morgan fingerprint density at radius 2 is 1.70 bits per heavy atom. The van der Waals surface area contributed by atoms with Gasteiger partial charge in [-0.3, -0.25) is 0 Å². The van der Waals surface area contributed by atoms with Crippen LogP contribution in [0.15, 0.2) is 128 Å². The number of fused-ring (bicyclic) bond motifs is 3. The average molecular weight is 562 g/mol. The fourth-order valence-corrected chi connectivity index (χ4v) is 5.69. The summed E-state index contributed by atoms with van der Waals surface area (Å²) >= 11 is 0. The van der Waals surface area contributed by atoms with Crippen molar-refractivity contribution in [1.29, 1.82) is 0 Å². The first-order chi connectivity index (χ1) is 21.2. The molecule has 0 aliphatic carbocycles. The Balaban J connectivity index is 1.29. The van der Waals surface area contributed by atoms with Gasteiger partial charge in [0.05, 0.1) is 40.3 Å². The van der Waals surface area contributed by atoms with E-state index in [9.17, 15) is 5.11 Å². The van der Waals surface area contributed by atoms with Crippen molar-refractivity contribution in [2.45, 2.75) is 6.92 Å². The van der Waals surface area contributed by atoms with Crippen molar-refractivity contribution in [3.05, 3.63) is 139 Å². The number of hydrogen-bond acceptors (Lipinski definition) is 4. The van der Waals surface area contributed by atoms with Crippen molar-refractivity contribution in [3.63, 3.8) is 0 Å². The molecule has 7 rings (SSSR count). The van der Waals surface area contributed by atoms with Crippen LogP contribution < -0.4 is 10.6 Å². The average Bonchev–Trinajstić information content (AvgIpc) is 3.65. The lowest BCUT2D eigenvalue weighted by molar-refractivity contribution is 0.477. The number of phenolic OH excluding ortho intramolecular Hbond substituents is 1. The van der Waals surface area contributed by atoms with E-state index in [1.54, 1.807) is 6.07 Å². The third-order valence-corrected chi connectivity index (χ3v) is 7.66. The van der Waals surface area contributed by atoms with Gasteiger partial charge in [-0.25, -0.2) is 4.98 Å². The van der Waals surface area contributed by atoms with Gasteiger partial charge in [-0.2, -0.15) is 0 Å². The molecule has 43 heavy (non-hydrogen) atoms. The lowest BCUT2D eigenvalue weighted by Gasteiger charge is -2.18. The Hall–Kier alpha value is -5.75. The minimum absolute atomic E-state index is 0.220. The molecular formula is C37H31N5O. The summed E-state index contributed by atoms with van der Waals surface area (Å²) in [6.45, 7) is 2.79. The molecular weight excluding hydrogens is 530 g/mol. The van der Waals surface area contributed by atoms with E-state index in [0.717, 1.165) is 63.0 Å². The zero-order valence-corrected chi connectivity index (χ0v) is 23.8. The molecule has 1 aliphatic rings. The van der Waals surface area contributed by atoms with Crippen LogP contribution in [0, 0.1) is 0 Å². The molecule has 3 heterocycles. The number of aromatic hydroxyl groups is 1. The highest BCUT2D eigenvalue weighted by Crippen LogP contribution is 2.41. The smallest absolute Gasteiger partial charge is 0.123 e. The summed E-state index contributed by atoms with van der Waals surface area (Å²) in [6, 6.07) is 30.5. The van der Waals surface area contributed by atoms with Crippen molar-refractivity contribution in [2.24, 2.45) is 0 Å². The van der Waals surface area contributed by atoms with Crippen LogP contribution in [0.4, 0.5) is 17.1 Å². The van der Waals surface area contributed by atoms with E-state index < -0.39 is 0 Å². The van der Waals surface area contributed by atoms with Gasteiger partial charge in [-0.15, -0.1) is 0 Å². The highest BCUT2D eigenvalue weighted by molar-refractivity contribution is 6.00. The molecule has 0 atom stereocenters. The predicted octanol–water partition coefficient (Wildman–Crippen LogP) is 8.96. The van der Waals surface area contributed by atoms with Crippen molar-refractivity contribution in [1.82, 2.24) is 14.1 Å². The molecule has 0 unspecified atom stereocenters. The number of nitrogens with zero attached hydrogens (tertiary/aromatic N) is 3. The zero-order valence-electron chi connectivity index (χ0n) is 23.8. The molecule has 0 saturated carbocycles. The van der Waals surface area contributed by atoms with Crippen LogP contribution in [0.3, 0.4) is 0 Å². The fraction of sp³-hybridized carbons (Fsp3) is 0.0541. The number of hydrogen-bond donors (Lipinski definition) is 3. The minimum atomic E-state index is 0.220. The summed E-state index contributed by atoms with van der Waals surface area (Å²) in [6.07, 6.45) is 16.1. The van der Waals surface area contributed by atoms with Gasteiger partial charge in [0.1, 0.15) is 5.75 Å². The second-order valence-corrected chi connectivity index (χ2v) is 10.4. The first-order valence-corrected chi connectivity index (χ1v) is 14.4. The number of anilines is 3. The number of phenols is 1. The van der Waals surface area contributed by atoms with Crippen molar-refractivity contribution in [3.8, 4) is 28.3 Å². The largest absolute Gasteiger partial charge is 0.507 e. The molecule has 0 saturated heterocycles. The molecule has 4 aromatic carbocycles. The van der Waals surface area contributed by atoms with Gasteiger partial charge >= 0.3 is 0 Å². The van der Waals surface area contributed by atoms with Gasteiger partial charge in [0.15, 0.2) is 0 Å². The minimum Gasteiger partial charge on any atom is -0.507 e. The molecule has 0 amide bonds. The SMILES string of the molecule is C/C=C\C=C/c1cn(-c2ccccc2Nc2ccccc2-c2cc(-n3c4c(c5ccccc53)NCC=C4)ccc2O)cn1. The zero-order chi connectivity index (χ0) is 29.2. The molecule has 1 aliphatic heterocycles. The van der Waals surface area contributed by atoms with Crippen LogP contribution in [0.25, 0.3) is 45.6 Å². The van der Waals surface area contributed by atoms with Crippen LogP contribution in [-0.2, 0) is 0 Å².